The van der Waals surface area contributed by atoms with E-state index >= 15 is 4.79 Å². The number of allylic oxidation sites excluding steroid dienone is 1. The average molecular weight is 1060 g/mol. The lowest BCUT2D eigenvalue weighted by Gasteiger charge is -2.60. The summed E-state index contributed by atoms with van der Waals surface area (Å²) in [5, 5.41) is 27.5. The molecule has 1 amide bonds. The summed E-state index contributed by atoms with van der Waals surface area (Å²) >= 11 is 0. The van der Waals surface area contributed by atoms with Gasteiger partial charge >= 0.3 is 6.09 Å². The molecule has 4 aromatic carbocycles. The third kappa shape index (κ3) is 14.3. The van der Waals surface area contributed by atoms with Gasteiger partial charge in [0.15, 0.2) is 6.29 Å². The monoisotopic (exact) mass is 1060 g/mol. The lowest BCUT2D eigenvalue weighted by atomic mass is 9.55. The number of oxime groups is 1. The number of hydrogen-bond acceptors (Lipinski definition) is 12. The van der Waals surface area contributed by atoms with Crippen LogP contribution in [0, 0.1) is 17.8 Å². The minimum Gasteiger partial charge on any atom is -0.496 e. The van der Waals surface area contributed by atoms with Crippen molar-refractivity contribution in [3.05, 3.63) is 120 Å². The first-order chi connectivity index (χ1) is 37.9. The van der Waals surface area contributed by atoms with Crippen LogP contribution in [0.25, 0.3) is 10.8 Å². The van der Waals surface area contributed by atoms with Gasteiger partial charge in [-0.25, -0.2) is 4.79 Å². The van der Waals surface area contributed by atoms with Crippen LogP contribution in [-0.2, 0) is 25.6 Å². The Hall–Kier alpha value is -5.73. The number of carbonyl (C=O) groups excluding carboxylic acids is 2. The smallest absolute Gasteiger partial charge is 0.410 e. The highest BCUT2D eigenvalue weighted by atomic mass is 16.8. The van der Waals surface area contributed by atoms with Crippen LogP contribution in [0.4, 0.5) is 4.79 Å². The van der Waals surface area contributed by atoms with Crippen LogP contribution >= 0.6 is 0 Å². The number of carbonyl (C=O) groups is 2. The highest BCUT2D eigenvalue weighted by Crippen LogP contribution is 2.62. The molecule has 77 heavy (non-hydrogen) atoms. The number of methoxy groups -OCH3 is 1. The van der Waals surface area contributed by atoms with Gasteiger partial charge < -0.3 is 43.5 Å². The number of aldehydes is 1. The zero-order valence-corrected chi connectivity index (χ0v) is 45.8. The second kappa shape index (κ2) is 29.3. The highest BCUT2D eigenvalue weighted by Gasteiger charge is 2.66. The molecule has 2 aliphatic heterocycles. The molecule has 0 radical (unpaired) electrons. The molecule has 2 fully saturated rings. The molecule has 13 heteroatoms. The van der Waals surface area contributed by atoms with Gasteiger partial charge in [0.2, 0.25) is 12.1 Å². The molecule has 0 aromatic heterocycles. The minimum absolute atomic E-state index is 0.0151. The van der Waals surface area contributed by atoms with Crippen molar-refractivity contribution >= 4 is 28.9 Å². The van der Waals surface area contributed by atoms with E-state index in [1.807, 2.05) is 41.3 Å². The van der Waals surface area contributed by atoms with Gasteiger partial charge in [-0.05, 0) is 115 Å². The first-order valence-electron chi connectivity index (χ1n) is 28.9. The van der Waals surface area contributed by atoms with Gasteiger partial charge in [-0.3, -0.25) is 9.69 Å². The summed E-state index contributed by atoms with van der Waals surface area (Å²) in [6.07, 6.45) is 22.7. The van der Waals surface area contributed by atoms with Crippen molar-refractivity contribution in [2.45, 2.75) is 166 Å². The zero-order valence-electron chi connectivity index (χ0n) is 45.8. The first kappa shape index (κ1) is 57.4. The van der Waals surface area contributed by atoms with E-state index in [0.29, 0.717) is 60.1 Å². The number of nitrogens with zero attached hydrogens (tertiary/aromatic N) is 2. The number of hydrogen-bond donors (Lipinski definition) is 2. The van der Waals surface area contributed by atoms with E-state index in [-0.39, 0.29) is 57.1 Å². The molecule has 2 N–H and O–H groups in total. The lowest BCUT2D eigenvalue weighted by molar-refractivity contribution is -0.256. The molecule has 2 aliphatic carbocycles. The van der Waals surface area contributed by atoms with E-state index < -0.39 is 30.1 Å². The summed E-state index contributed by atoms with van der Waals surface area (Å²) in [5.41, 5.74) is 3.82. The van der Waals surface area contributed by atoms with Crippen molar-refractivity contribution in [1.29, 1.82) is 0 Å². The number of rotatable bonds is 31. The number of benzene rings is 4. The second-order valence-corrected chi connectivity index (χ2v) is 21.4. The van der Waals surface area contributed by atoms with Gasteiger partial charge in [-0.1, -0.05) is 137 Å². The number of aliphatic hydroxyl groups is 2. The van der Waals surface area contributed by atoms with Gasteiger partial charge in [-0.15, -0.1) is 6.58 Å². The molecule has 13 nitrogen and oxygen atoms in total. The molecule has 8 rings (SSSR count). The van der Waals surface area contributed by atoms with Gasteiger partial charge in [0.05, 0.1) is 50.7 Å². The number of aliphatic hydroxyl groups excluding tert-OH is 2. The summed E-state index contributed by atoms with van der Waals surface area (Å²) in [6, 6.07) is 24.6. The summed E-state index contributed by atoms with van der Waals surface area (Å²) in [7, 11) is 1.53. The zero-order chi connectivity index (χ0) is 53.8. The van der Waals surface area contributed by atoms with Crippen LogP contribution in [-0.4, -0.2) is 91.5 Å². The van der Waals surface area contributed by atoms with E-state index in [1.165, 1.54) is 52.1 Å². The number of ether oxygens (including phenoxy) is 6. The van der Waals surface area contributed by atoms with E-state index in [4.69, 9.17) is 38.4 Å². The molecule has 0 bridgehead atoms. The van der Waals surface area contributed by atoms with Crippen molar-refractivity contribution in [3.8, 4) is 23.0 Å². The van der Waals surface area contributed by atoms with Gasteiger partial charge in [0, 0.05) is 37.5 Å². The predicted molar refractivity (Wildman–Crippen MR) is 301 cm³/mol. The maximum atomic E-state index is 15.5. The van der Waals surface area contributed by atoms with E-state index in [0.717, 1.165) is 91.5 Å². The Morgan fingerprint density at radius 3 is 2.34 bits per heavy atom. The molecule has 1 unspecified atom stereocenters. The minimum atomic E-state index is -1.51. The standard InChI is InChI=1S/C64H84N2O11/c1-4-6-7-8-9-10-11-12-13-21-39-73-63(70)66(44-48-27-23-26-46-24-14-15-28-52(46)48)59-43-56(65-77-60-30-18-22-38-72-60)54-41-47(25-16-19-35-67)53(29-17-20-36-68)61-55-42-51(75-50-31-33-57(71-3)49(40-50)45-69)32-34-58(55)76-64(59,62(54)61)74-37-5-2/h5,14-15,23-24,26-28,31-34,40-42,45,47,53,59-62,67-68H,2,4,6-13,16-22,25,29-30,35-39,43-44H2,1,3H3/t47-,53+,59-,60?,61+,62+,64+/m0/s1. The Bertz CT molecular complexity index is 2590. The van der Waals surface area contributed by atoms with Crippen molar-refractivity contribution in [1.82, 2.24) is 4.90 Å². The van der Waals surface area contributed by atoms with Crippen LogP contribution in [0.5, 0.6) is 23.0 Å². The van der Waals surface area contributed by atoms with Crippen LogP contribution < -0.4 is 14.2 Å². The highest BCUT2D eigenvalue weighted by molar-refractivity contribution is 6.03. The van der Waals surface area contributed by atoms with Gasteiger partial charge in [0.25, 0.3) is 0 Å². The molecule has 7 atom stereocenters. The SMILES string of the molecule is C=CCO[C@@]12Oc3ccc(Oc4ccc(OC)c(C=O)c4)cc3[C@H]3[C@H](CCCCO)[C@@H](CCCCO)C=C(C(=NOC4CCCCO4)C[C@@H]1N(Cc1cccc4ccccc14)C(=O)OCCCCCCCCCCCC)[C@H]32. The Balaban J connectivity index is 1.26. The molecular formula is C64H84N2O11. The quantitative estimate of drug-likeness (QED) is 0.0214. The maximum absolute atomic E-state index is 15.5. The van der Waals surface area contributed by atoms with Crippen molar-refractivity contribution in [2.75, 3.05) is 40.1 Å². The van der Waals surface area contributed by atoms with E-state index in [9.17, 15) is 15.0 Å². The molecular weight excluding hydrogens is 973 g/mol. The van der Waals surface area contributed by atoms with Crippen LogP contribution in [0.3, 0.4) is 0 Å². The van der Waals surface area contributed by atoms with Crippen molar-refractivity contribution in [3.63, 3.8) is 0 Å². The fourth-order valence-corrected chi connectivity index (χ4v) is 12.4. The molecule has 0 spiro atoms. The third-order valence-corrected chi connectivity index (χ3v) is 16.2. The second-order valence-electron chi connectivity index (χ2n) is 21.4. The van der Waals surface area contributed by atoms with Gasteiger partial charge in [-0.2, -0.15) is 0 Å². The fourth-order valence-electron chi connectivity index (χ4n) is 12.4. The van der Waals surface area contributed by atoms with Crippen LogP contribution in [0.1, 0.15) is 163 Å². The molecule has 2 heterocycles. The van der Waals surface area contributed by atoms with E-state index in [2.05, 4.69) is 43.8 Å². The molecule has 1 saturated carbocycles. The van der Waals surface area contributed by atoms with E-state index in [1.54, 1.807) is 24.3 Å². The number of amides is 1. The Morgan fingerprint density at radius 1 is 0.857 bits per heavy atom. The molecule has 416 valence electrons. The largest absolute Gasteiger partial charge is 0.496 e. The summed E-state index contributed by atoms with van der Waals surface area (Å²) in [4.78, 5) is 35.8. The Kier molecular flexibility index (Phi) is 21.9. The first-order valence-corrected chi connectivity index (χ1v) is 28.9. The lowest BCUT2D eigenvalue weighted by Crippen LogP contribution is -2.70. The average Bonchev–Trinajstić information content (AvgIpc) is 3.50. The normalized spacial score (nSPS) is 23.0. The van der Waals surface area contributed by atoms with Crippen molar-refractivity contribution < 1.29 is 53.1 Å². The summed E-state index contributed by atoms with van der Waals surface area (Å²) in [6.45, 7) is 7.69. The fraction of sp³-hybridized carbons (Fsp3) is 0.547. The van der Waals surface area contributed by atoms with Crippen LogP contribution in [0.15, 0.2) is 108 Å². The van der Waals surface area contributed by atoms with Gasteiger partial charge in [0.1, 0.15) is 29.0 Å². The number of unbranched alkanes of at least 4 members (excludes halogenated alkanes) is 11. The summed E-state index contributed by atoms with van der Waals surface area (Å²) < 4.78 is 39.5. The molecule has 4 aromatic rings. The maximum Gasteiger partial charge on any atom is 0.410 e. The third-order valence-electron chi connectivity index (χ3n) is 16.2. The number of fused-ring (bicyclic) bond motifs is 3. The predicted octanol–water partition coefficient (Wildman–Crippen LogP) is 14.2. The van der Waals surface area contributed by atoms with Crippen molar-refractivity contribution in [2.24, 2.45) is 22.9 Å². The Morgan fingerprint density at radius 2 is 1.60 bits per heavy atom. The summed E-state index contributed by atoms with van der Waals surface area (Å²) in [5.74, 6) is -0.314. The Labute approximate surface area is 456 Å². The van der Waals surface area contributed by atoms with Crippen LogP contribution in [0.2, 0.25) is 0 Å². The molecule has 1 saturated heterocycles. The topological polar surface area (TPSA) is 155 Å². The molecule has 4 aliphatic rings.